The topological polar surface area (TPSA) is 69.4 Å². The standard InChI is InChI=1S/C26H30Cl2NO.C7H8O3S/c1-5-14-26(4)16-22(19-8-7-9-21(28)15-19)24(18-10-12-20(27)13-11-18)29-23(6-2)17(3)30-25(26)29;1-6-2-4-7(5-3-6)11(8,9)10/h5,7-13,15,17,22-24H,1,6,14,16H2,2-4H3;2-5H,1H3,(H,8,9,10)/q+1;/p-1/t17-,22+,23-,24+,26-;/m0./s1. The van der Waals surface area contributed by atoms with E-state index in [2.05, 4.69) is 62.3 Å². The highest BCUT2D eigenvalue weighted by Crippen LogP contribution is 2.52. The number of halogens is 2. The van der Waals surface area contributed by atoms with Crippen LogP contribution in [0.2, 0.25) is 10.0 Å². The Morgan fingerprint density at radius 3 is 2.27 bits per heavy atom. The second kappa shape index (κ2) is 12.7. The van der Waals surface area contributed by atoms with E-state index in [1.165, 1.54) is 23.3 Å². The average molecular weight is 615 g/mol. The van der Waals surface area contributed by atoms with Crippen molar-refractivity contribution >= 4 is 39.2 Å². The highest BCUT2D eigenvalue weighted by Gasteiger charge is 2.58. The molecule has 2 aliphatic heterocycles. The minimum absolute atomic E-state index is 0.101. The first-order chi connectivity index (χ1) is 19.4. The summed E-state index contributed by atoms with van der Waals surface area (Å²) in [5, 5.41) is 1.54. The maximum atomic E-state index is 10.4. The second-order valence-electron chi connectivity index (χ2n) is 11.2. The van der Waals surface area contributed by atoms with E-state index in [1.807, 2.05) is 31.2 Å². The normalized spacial score (nSPS) is 25.5. The van der Waals surface area contributed by atoms with Crippen molar-refractivity contribution in [2.24, 2.45) is 5.41 Å². The molecule has 41 heavy (non-hydrogen) atoms. The van der Waals surface area contributed by atoms with E-state index < -0.39 is 10.1 Å². The van der Waals surface area contributed by atoms with Crippen LogP contribution in [-0.2, 0) is 14.9 Å². The first kappa shape index (κ1) is 31.3. The van der Waals surface area contributed by atoms with Gasteiger partial charge in [-0.2, -0.15) is 4.58 Å². The van der Waals surface area contributed by atoms with Crippen LogP contribution in [0.15, 0.2) is 90.3 Å². The molecular weight excluding hydrogens is 577 g/mol. The van der Waals surface area contributed by atoms with Gasteiger partial charge in [0, 0.05) is 22.0 Å². The number of hydrogen-bond acceptors (Lipinski definition) is 4. The summed E-state index contributed by atoms with van der Waals surface area (Å²) in [5.74, 6) is 1.39. The SMILES string of the molecule is C=CC[C@@]1(C)C[C@H](c2cccc(Cl)c2)[C@@H](c2ccc(Cl)cc2)[N+]2=C1O[C@@H](C)[C@@H]2CC.Cc1ccc(S(=O)(=O)[O-])cc1. The van der Waals surface area contributed by atoms with Crippen LogP contribution in [0.25, 0.3) is 0 Å². The summed E-state index contributed by atoms with van der Waals surface area (Å²) < 4.78 is 40.3. The van der Waals surface area contributed by atoms with Gasteiger partial charge in [-0.3, -0.25) is 0 Å². The fourth-order valence-electron chi connectivity index (χ4n) is 6.17. The lowest BCUT2D eigenvalue weighted by Gasteiger charge is -2.38. The van der Waals surface area contributed by atoms with Crippen LogP contribution in [0.5, 0.6) is 0 Å². The van der Waals surface area contributed by atoms with Crippen molar-refractivity contribution in [3.05, 3.63) is 112 Å². The van der Waals surface area contributed by atoms with Crippen LogP contribution in [0.4, 0.5) is 0 Å². The third-order valence-corrected chi connectivity index (χ3v) is 9.45. The Labute approximate surface area is 254 Å². The molecule has 0 bridgehead atoms. The van der Waals surface area contributed by atoms with Crippen molar-refractivity contribution in [1.29, 1.82) is 0 Å². The number of nitrogens with zero attached hydrogens (tertiary/aromatic N) is 1. The number of rotatable bonds is 6. The molecular formula is C33H37Cl2NO4S. The highest BCUT2D eigenvalue weighted by atomic mass is 35.5. The third-order valence-electron chi connectivity index (χ3n) is 8.11. The van der Waals surface area contributed by atoms with Crippen molar-refractivity contribution in [3.8, 4) is 0 Å². The molecule has 0 amide bonds. The fourth-order valence-corrected chi connectivity index (χ4v) is 6.96. The quantitative estimate of drug-likeness (QED) is 0.159. The lowest BCUT2D eigenvalue weighted by atomic mass is 9.69. The number of allylic oxidation sites excluding steroid dienone is 1. The van der Waals surface area contributed by atoms with Gasteiger partial charge in [-0.25, -0.2) is 8.42 Å². The largest absolute Gasteiger partial charge is 0.744 e. The maximum absolute atomic E-state index is 10.4. The smallest absolute Gasteiger partial charge is 0.344 e. The van der Waals surface area contributed by atoms with Crippen LogP contribution in [0.1, 0.15) is 68.7 Å². The molecule has 5 nitrogen and oxygen atoms in total. The molecule has 0 N–H and O–H groups in total. The molecule has 5 rings (SSSR count). The van der Waals surface area contributed by atoms with Gasteiger partial charge in [-0.1, -0.05) is 78.2 Å². The number of aryl methyl sites for hydroxylation is 1. The van der Waals surface area contributed by atoms with Gasteiger partial charge < -0.3 is 9.29 Å². The van der Waals surface area contributed by atoms with E-state index in [1.54, 1.807) is 12.1 Å². The van der Waals surface area contributed by atoms with Gasteiger partial charge in [-0.15, -0.1) is 6.58 Å². The summed E-state index contributed by atoms with van der Waals surface area (Å²) in [6.45, 7) is 12.6. The Morgan fingerprint density at radius 1 is 1.05 bits per heavy atom. The van der Waals surface area contributed by atoms with E-state index in [0.717, 1.165) is 40.8 Å². The van der Waals surface area contributed by atoms with Crippen molar-refractivity contribution in [1.82, 2.24) is 0 Å². The van der Waals surface area contributed by atoms with Crippen LogP contribution in [0.3, 0.4) is 0 Å². The van der Waals surface area contributed by atoms with Gasteiger partial charge >= 0.3 is 5.90 Å². The van der Waals surface area contributed by atoms with E-state index >= 15 is 0 Å². The predicted molar refractivity (Wildman–Crippen MR) is 165 cm³/mol. The Morgan fingerprint density at radius 2 is 1.71 bits per heavy atom. The predicted octanol–water partition coefficient (Wildman–Crippen LogP) is 8.31. The van der Waals surface area contributed by atoms with Crippen LogP contribution < -0.4 is 0 Å². The molecule has 0 aliphatic carbocycles. The van der Waals surface area contributed by atoms with E-state index in [0.29, 0.717) is 6.04 Å². The molecule has 0 fully saturated rings. The first-order valence-electron chi connectivity index (χ1n) is 13.8. The van der Waals surface area contributed by atoms with Crippen LogP contribution in [0, 0.1) is 12.3 Å². The third kappa shape index (κ3) is 6.89. The van der Waals surface area contributed by atoms with Crippen LogP contribution in [-0.4, -0.2) is 35.6 Å². The minimum atomic E-state index is -4.27. The molecule has 2 heterocycles. The molecule has 3 aromatic carbocycles. The summed E-state index contributed by atoms with van der Waals surface area (Å²) in [7, 11) is -4.27. The zero-order valence-corrected chi connectivity index (χ0v) is 26.2. The van der Waals surface area contributed by atoms with Gasteiger partial charge in [0.1, 0.15) is 10.1 Å². The van der Waals surface area contributed by atoms with Gasteiger partial charge in [-0.05, 0) is 75.6 Å². The van der Waals surface area contributed by atoms with E-state index in [4.69, 9.17) is 27.9 Å². The molecule has 0 saturated carbocycles. The summed E-state index contributed by atoms with van der Waals surface area (Å²) in [6, 6.07) is 22.9. The first-order valence-corrected chi connectivity index (χ1v) is 16.0. The Bertz CT molecular complexity index is 1520. The molecule has 218 valence electrons. The lowest BCUT2D eigenvalue weighted by molar-refractivity contribution is -0.613. The van der Waals surface area contributed by atoms with Crippen molar-refractivity contribution in [3.63, 3.8) is 0 Å². The molecule has 5 atom stereocenters. The zero-order valence-electron chi connectivity index (χ0n) is 23.9. The number of ether oxygens (including phenoxy) is 1. The van der Waals surface area contributed by atoms with Crippen molar-refractivity contribution < 1.29 is 22.3 Å². The molecule has 0 spiro atoms. The Kier molecular flexibility index (Phi) is 9.70. The lowest BCUT2D eigenvalue weighted by Crippen LogP contribution is -2.45. The highest BCUT2D eigenvalue weighted by molar-refractivity contribution is 7.85. The van der Waals surface area contributed by atoms with Crippen molar-refractivity contribution in [2.45, 2.75) is 76.0 Å². The average Bonchev–Trinajstić information content (AvgIpc) is 3.26. The van der Waals surface area contributed by atoms with Gasteiger partial charge in [0.25, 0.3) is 0 Å². The number of benzene rings is 3. The Hall–Kier alpha value is -2.64. The van der Waals surface area contributed by atoms with Crippen molar-refractivity contribution in [2.75, 3.05) is 0 Å². The maximum Gasteiger partial charge on any atom is 0.344 e. The summed E-state index contributed by atoms with van der Waals surface area (Å²) in [5.41, 5.74) is 3.36. The summed E-state index contributed by atoms with van der Waals surface area (Å²) in [4.78, 5) is -0.178. The molecule has 0 radical (unpaired) electrons. The molecule has 0 unspecified atom stereocenters. The Balaban J connectivity index is 0.000000296. The molecule has 0 aromatic heterocycles. The van der Waals surface area contributed by atoms with Gasteiger partial charge in [0.15, 0.2) is 18.2 Å². The van der Waals surface area contributed by atoms with Crippen LogP contribution >= 0.6 is 23.2 Å². The molecule has 0 saturated heterocycles. The zero-order chi connectivity index (χ0) is 29.9. The molecule has 2 aliphatic rings. The fraction of sp³-hybridized carbons (Fsp3) is 0.364. The van der Waals surface area contributed by atoms with E-state index in [-0.39, 0.29) is 28.4 Å². The molecule has 8 heteroatoms. The monoisotopic (exact) mass is 613 g/mol. The van der Waals surface area contributed by atoms with Gasteiger partial charge in [0.2, 0.25) is 0 Å². The number of hydrogen-bond donors (Lipinski definition) is 0. The summed E-state index contributed by atoms with van der Waals surface area (Å²) >= 11 is 12.7. The van der Waals surface area contributed by atoms with Gasteiger partial charge in [0.05, 0.1) is 16.2 Å². The second-order valence-corrected chi connectivity index (χ2v) is 13.4. The van der Waals surface area contributed by atoms with E-state index in [9.17, 15) is 13.0 Å². The summed E-state index contributed by atoms with van der Waals surface area (Å²) in [6.07, 6.45) is 5.06. The minimum Gasteiger partial charge on any atom is -0.744 e. The molecule has 3 aromatic rings.